The van der Waals surface area contributed by atoms with Gasteiger partial charge in [0.2, 0.25) is 0 Å². The van der Waals surface area contributed by atoms with E-state index in [0.717, 1.165) is 29.4 Å². The minimum absolute atomic E-state index is 0.00329. The summed E-state index contributed by atoms with van der Waals surface area (Å²) < 4.78 is 1.76. The number of nitrogens with zero attached hydrogens (tertiary/aromatic N) is 2. The molecular formula is C17H20N2O2S. The highest BCUT2D eigenvalue weighted by atomic mass is 32.2. The number of hydrogen-bond donors (Lipinski definition) is 1. The van der Waals surface area contributed by atoms with E-state index in [9.17, 15) is 9.90 Å². The van der Waals surface area contributed by atoms with Crippen molar-refractivity contribution in [3.8, 4) is 0 Å². The molecular weight excluding hydrogens is 296 g/mol. The molecule has 1 atom stereocenters. The number of thioether (sulfide) groups is 1. The van der Waals surface area contributed by atoms with Crippen molar-refractivity contribution in [2.75, 3.05) is 5.75 Å². The van der Waals surface area contributed by atoms with Gasteiger partial charge in [0.25, 0.3) is 5.56 Å². The fraction of sp³-hybridized carbons (Fsp3) is 0.412. The van der Waals surface area contributed by atoms with Crippen LogP contribution in [0.15, 0.2) is 40.3 Å². The molecule has 116 valence electrons. The Labute approximate surface area is 134 Å². The molecule has 0 spiro atoms. The molecule has 1 unspecified atom stereocenters. The van der Waals surface area contributed by atoms with Crippen molar-refractivity contribution >= 4 is 11.8 Å². The third kappa shape index (κ3) is 2.96. The maximum atomic E-state index is 12.9. The molecule has 1 N–H and O–H groups in total. The van der Waals surface area contributed by atoms with E-state index >= 15 is 0 Å². The summed E-state index contributed by atoms with van der Waals surface area (Å²) in [4.78, 5) is 17.5. The van der Waals surface area contributed by atoms with Crippen LogP contribution in [0, 0.1) is 0 Å². The molecule has 0 bridgehead atoms. The highest BCUT2D eigenvalue weighted by Gasteiger charge is 2.22. The van der Waals surface area contributed by atoms with Crippen molar-refractivity contribution in [3.63, 3.8) is 0 Å². The van der Waals surface area contributed by atoms with E-state index in [-0.39, 0.29) is 5.56 Å². The third-order valence-corrected chi connectivity index (χ3v) is 5.01. The monoisotopic (exact) mass is 316 g/mol. The lowest BCUT2D eigenvalue weighted by molar-refractivity contribution is 0.166. The van der Waals surface area contributed by atoms with Gasteiger partial charge in [-0.2, -0.15) is 0 Å². The SMILES string of the molecule is CCC(O)c1nc2n(c(=O)c1Cc1ccccc1)CCCS2. The van der Waals surface area contributed by atoms with Gasteiger partial charge in [-0.25, -0.2) is 4.98 Å². The average Bonchev–Trinajstić information content (AvgIpc) is 2.57. The molecule has 1 aliphatic rings. The summed E-state index contributed by atoms with van der Waals surface area (Å²) in [5, 5.41) is 11.0. The smallest absolute Gasteiger partial charge is 0.258 e. The Morgan fingerprint density at radius 1 is 1.36 bits per heavy atom. The van der Waals surface area contributed by atoms with E-state index in [1.54, 1.807) is 16.3 Å². The summed E-state index contributed by atoms with van der Waals surface area (Å²) in [6, 6.07) is 9.88. The second-order valence-corrected chi connectivity index (χ2v) is 6.57. The zero-order chi connectivity index (χ0) is 15.5. The minimum Gasteiger partial charge on any atom is -0.387 e. The molecule has 22 heavy (non-hydrogen) atoms. The summed E-state index contributed by atoms with van der Waals surface area (Å²) in [6.45, 7) is 2.63. The number of aliphatic hydroxyl groups is 1. The third-order valence-electron chi connectivity index (χ3n) is 3.94. The van der Waals surface area contributed by atoms with E-state index in [0.29, 0.717) is 24.1 Å². The molecule has 2 heterocycles. The summed E-state index contributed by atoms with van der Waals surface area (Å²) in [5.41, 5.74) is 2.25. The normalized spacial score (nSPS) is 15.4. The molecule has 0 radical (unpaired) electrons. The first kappa shape index (κ1) is 15.3. The van der Waals surface area contributed by atoms with E-state index < -0.39 is 6.10 Å². The summed E-state index contributed by atoms with van der Waals surface area (Å²) in [7, 11) is 0. The van der Waals surface area contributed by atoms with Gasteiger partial charge in [-0.1, -0.05) is 49.0 Å². The van der Waals surface area contributed by atoms with Gasteiger partial charge in [-0.15, -0.1) is 0 Å². The van der Waals surface area contributed by atoms with Gasteiger partial charge in [-0.3, -0.25) is 9.36 Å². The lowest BCUT2D eigenvalue weighted by Gasteiger charge is -2.21. The lowest BCUT2D eigenvalue weighted by atomic mass is 10.0. The Kier molecular flexibility index (Phi) is 4.64. The summed E-state index contributed by atoms with van der Waals surface area (Å²) >= 11 is 1.60. The Bertz CT molecular complexity index is 713. The van der Waals surface area contributed by atoms with Crippen LogP contribution in [0.2, 0.25) is 0 Å². The van der Waals surface area contributed by atoms with Crippen LogP contribution in [0.1, 0.15) is 42.7 Å². The number of aromatic nitrogens is 2. The first-order valence-electron chi connectivity index (χ1n) is 7.69. The maximum absolute atomic E-state index is 12.9. The van der Waals surface area contributed by atoms with Crippen LogP contribution in [-0.4, -0.2) is 20.4 Å². The second kappa shape index (κ2) is 6.67. The van der Waals surface area contributed by atoms with E-state index in [1.165, 1.54) is 0 Å². The molecule has 0 fully saturated rings. The Morgan fingerprint density at radius 2 is 2.14 bits per heavy atom. The molecule has 1 aromatic heterocycles. The van der Waals surface area contributed by atoms with Crippen LogP contribution < -0.4 is 5.56 Å². The number of hydrogen-bond acceptors (Lipinski definition) is 4. The topological polar surface area (TPSA) is 55.1 Å². The molecule has 1 aromatic carbocycles. The van der Waals surface area contributed by atoms with Crippen LogP contribution in [0.25, 0.3) is 0 Å². The van der Waals surface area contributed by atoms with E-state index in [1.807, 2.05) is 37.3 Å². The van der Waals surface area contributed by atoms with Crippen molar-refractivity contribution < 1.29 is 5.11 Å². The molecule has 4 nitrogen and oxygen atoms in total. The first-order chi connectivity index (χ1) is 10.7. The van der Waals surface area contributed by atoms with Crippen LogP contribution in [-0.2, 0) is 13.0 Å². The van der Waals surface area contributed by atoms with Gasteiger partial charge in [0, 0.05) is 24.3 Å². The van der Waals surface area contributed by atoms with Crippen LogP contribution in [0.4, 0.5) is 0 Å². The van der Waals surface area contributed by atoms with Crippen molar-refractivity contribution in [2.24, 2.45) is 0 Å². The maximum Gasteiger partial charge on any atom is 0.258 e. The highest BCUT2D eigenvalue weighted by Crippen LogP contribution is 2.26. The minimum atomic E-state index is -0.681. The standard InChI is InChI=1S/C17H20N2O2S/c1-2-14(20)15-13(11-12-7-4-3-5-8-12)16(21)19-9-6-10-22-17(19)18-15/h3-5,7-8,14,20H,2,6,9-11H2,1H3. The van der Waals surface area contributed by atoms with Gasteiger partial charge in [-0.05, 0) is 18.4 Å². The number of fused-ring (bicyclic) bond motifs is 1. The van der Waals surface area contributed by atoms with Gasteiger partial charge >= 0.3 is 0 Å². The summed E-state index contributed by atoms with van der Waals surface area (Å²) in [5.74, 6) is 0.978. The van der Waals surface area contributed by atoms with Crippen LogP contribution in [0.3, 0.4) is 0 Å². The number of benzene rings is 1. The predicted molar refractivity (Wildman–Crippen MR) is 88.3 cm³/mol. The molecule has 0 amide bonds. The molecule has 5 heteroatoms. The van der Waals surface area contributed by atoms with Crippen molar-refractivity contribution in [1.82, 2.24) is 9.55 Å². The van der Waals surface area contributed by atoms with Crippen molar-refractivity contribution in [2.45, 2.75) is 44.0 Å². The highest BCUT2D eigenvalue weighted by molar-refractivity contribution is 7.99. The van der Waals surface area contributed by atoms with E-state index in [4.69, 9.17) is 0 Å². The second-order valence-electron chi connectivity index (χ2n) is 5.50. The average molecular weight is 316 g/mol. The molecule has 2 aromatic rings. The lowest BCUT2D eigenvalue weighted by Crippen LogP contribution is -2.31. The Morgan fingerprint density at radius 3 is 2.86 bits per heavy atom. The quantitative estimate of drug-likeness (QED) is 0.881. The molecule has 1 aliphatic heterocycles. The predicted octanol–water partition coefficient (Wildman–Crippen LogP) is 2.77. The molecule has 0 aliphatic carbocycles. The van der Waals surface area contributed by atoms with Gasteiger partial charge in [0.15, 0.2) is 5.16 Å². The Hall–Kier alpha value is -1.59. The van der Waals surface area contributed by atoms with Crippen molar-refractivity contribution in [1.29, 1.82) is 0 Å². The Balaban J connectivity index is 2.11. The zero-order valence-corrected chi connectivity index (χ0v) is 13.5. The number of aliphatic hydroxyl groups excluding tert-OH is 1. The number of rotatable bonds is 4. The fourth-order valence-electron chi connectivity index (χ4n) is 2.72. The van der Waals surface area contributed by atoms with Gasteiger partial charge < -0.3 is 5.11 Å². The molecule has 3 rings (SSSR count). The van der Waals surface area contributed by atoms with Gasteiger partial charge in [0.1, 0.15) is 0 Å². The largest absolute Gasteiger partial charge is 0.387 e. The fourth-order valence-corrected chi connectivity index (χ4v) is 3.67. The first-order valence-corrected chi connectivity index (χ1v) is 8.67. The molecule has 0 saturated carbocycles. The van der Waals surface area contributed by atoms with E-state index in [2.05, 4.69) is 4.98 Å². The van der Waals surface area contributed by atoms with Crippen LogP contribution in [0.5, 0.6) is 0 Å². The zero-order valence-electron chi connectivity index (χ0n) is 12.7. The van der Waals surface area contributed by atoms with Crippen molar-refractivity contribution in [3.05, 3.63) is 57.5 Å². The summed E-state index contributed by atoms with van der Waals surface area (Å²) in [6.07, 6.45) is 1.38. The van der Waals surface area contributed by atoms with Crippen LogP contribution >= 0.6 is 11.8 Å². The van der Waals surface area contributed by atoms with Gasteiger partial charge in [0.05, 0.1) is 11.8 Å². The molecule has 0 saturated heterocycles.